The summed E-state index contributed by atoms with van der Waals surface area (Å²) in [7, 11) is 0. The number of carbonyl (C=O) groups excluding carboxylic acids is 2. The number of nitrogens with one attached hydrogen (secondary N) is 3. The summed E-state index contributed by atoms with van der Waals surface area (Å²) in [6.07, 6.45) is 5.39. The topological polar surface area (TPSA) is 111 Å². The van der Waals surface area contributed by atoms with Crippen LogP contribution in [-0.2, 0) is 4.79 Å². The quantitative estimate of drug-likeness (QED) is 0.573. The third kappa shape index (κ3) is 6.19. The first-order chi connectivity index (χ1) is 11.9. The molecule has 0 bridgehead atoms. The molecule has 0 atom stereocenters. The molecule has 0 saturated carbocycles. The smallest absolute Gasteiger partial charge is 0.322 e. The van der Waals surface area contributed by atoms with Gasteiger partial charge in [-0.25, -0.2) is 4.79 Å². The number of benzene rings is 1. The Labute approximate surface area is 150 Å². The van der Waals surface area contributed by atoms with Gasteiger partial charge in [-0.15, -0.1) is 0 Å². The van der Waals surface area contributed by atoms with Gasteiger partial charge in [0.2, 0.25) is 0 Å². The lowest BCUT2D eigenvalue weighted by molar-refractivity contribution is -0.135. The lowest BCUT2D eigenvalue weighted by Crippen LogP contribution is -2.31. The van der Waals surface area contributed by atoms with E-state index in [1.54, 1.807) is 24.4 Å². The molecule has 1 aliphatic heterocycles. The number of urea groups is 1. The van der Waals surface area contributed by atoms with Crippen molar-refractivity contribution in [2.24, 2.45) is 0 Å². The number of anilines is 1. The molecule has 134 valence electrons. The zero-order valence-electron chi connectivity index (χ0n) is 13.2. The fraction of sp³-hybridized carbons (Fsp3) is 0.188. The number of rotatable bonds is 6. The minimum Gasteiger partial charge on any atom is -0.480 e. The molecule has 4 N–H and O–H groups in total. The molecule has 0 fully saturated rings. The highest BCUT2D eigenvalue weighted by Crippen LogP contribution is 2.11. The summed E-state index contributed by atoms with van der Waals surface area (Å²) in [4.78, 5) is 34.2. The molecule has 1 aromatic rings. The second-order valence-corrected chi connectivity index (χ2v) is 5.58. The van der Waals surface area contributed by atoms with Crippen LogP contribution in [0.2, 0.25) is 0 Å². The summed E-state index contributed by atoms with van der Waals surface area (Å²) in [6.45, 7) is 0.426. The number of carbonyl (C=O) groups is 3. The summed E-state index contributed by atoms with van der Waals surface area (Å²) in [5.41, 5.74) is 1.59. The van der Waals surface area contributed by atoms with E-state index in [4.69, 9.17) is 16.9 Å². The van der Waals surface area contributed by atoms with E-state index in [0.29, 0.717) is 18.8 Å². The van der Waals surface area contributed by atoms with Crippen LogP contribution in [0.25, 0.3) is 0 Å². The molecule has 3 amide bonds. The molecule has 25 heavy (non-hydrogen) atoms. The molecule has 0 radical (unpaired) electrons. The van der Waals surface area contributed by atoms with Crippen molar-refractivity contribution in [2.45, 2.75) is 0 Å². The molecule has 1 aromatic carbocycles. The van der Waals surface area contributed by atoms with Crippen LogP contribution in [0.15, 0.2) is 48.2 Å². The number of hydrogen-bond acceptors (Lipinski definition) is 4. The van der Waals surface area contributed by atoms with Crippen LogP contribution >= 0.6 is 11.8 Å². The van der Waals surface area contributed by atoms with Gasteiger partial charge in [-0.05, 0) is 29.8 Å². The molecule has 0 aliphatic carbocycles. The molecule has 1 heterocycles. The van der Waals surface area contributed by atoms with Gasteiger partial charge >= 0.3 is 12.0 Å². The second kappa shape index (κ2) is 8.74. The van der Waals surface area contributed by atoms with Crippen molar-refractivity contribution in [3.63, 3.8) is 0 Å². The SMILES string of the molecule is O=C(O)CNC(=O)c1cccc(NC(=O)NCC2=CCN(Cl)C=C2)c1.[HH]. The summed E-state index contributed by atoms with van der Waals surface area (Å²) >= 11 is 5.77. The van der Waals surface area contributed by atoms with Gasteiger partial charge in [-0.2, -0.15) is 0 Å². The predicted octanol–water partition coefficient (Wildman–Crippen LogP) is 1.78. The Morgan fingerprint density at radius 1 is 1.28 bits per heavy atom. The average molecular weight is 367 g/mol. The monoisotopic (exact) mass is 366 g/mol. The molecule has 9 heteroatoms. The van der Waals surface area contributed by atoms with Crippen LogP contribution in [0.1, 0.15) is 11.8 Å². The molecule has 2 rings (SSSR count). The molecular formula is C16H19ClN4O4. The van der Waals surface area contributed by atoms with Crippen molar-refractivity contribution in [2.75, 3.05) is 25.0 Å². The maximum Gasteiger partial charge on any atom is 0.322 e. The minimum atomic E-state index is -1.13. The molecule has 0 spiro atoms. The standard InChI is InChI=1S/C16H17ClN4O4.H2/c17-21-6-4-11(5-7-21)9-19-16(25)20-13-3-1-2-12(8-13)15(24)18-10-14(22)23;/h1-6,8H,7,9-10H2,(H,18,24)(H,22,23)(H2,19,20,25);1H. The van der Waals surface area contributed by atoms with Gasteiger partial charge in [0.05, 0.1) is 6.54 Å². The highest BCUT2D eigenvalue weighted by Gasteiger charge is 2.09. The molecule has 1 aliphatic rings. The van der Waals surface area contributed by atoms with E-state index in [2.05, 4.69) is 16.0 Å². The third-order valence-electron chi connectivity index (χ3n) is 3.21. The van der Waals surface area contributed by atoms with Gasteiger partial charge in [-0.1, -0.05) is 12.1 Å². The van der Waals surface area contributed by atoms with Crippen LogP contribution in [0.5, 0.6) is 0 Å². The van der Waals surface area contributed by atoms with E-state index >= 15 is 0 Å². The third-order valence-corrected chi connectivity index (χ3v) is 3.46. The van der Waals surface area contributed by atoms with Crippen LogP contribution in [0.3, 0.4) is 0 Å². The number of aliphatic carboxylic acids is 1. The molecule has 0 unspecified atom stereocenters. The first-order valence-corrected chi connectivity index (χ1v) is 7.72. The Bertz CT molecular complexity index is 739. The number of carboxylic acid groups (broad SMARTS) is 1. The van der Waals surface area contributed by atoms with Gasteiger partial charge in [0, 0.05) is 37.2 Å². The van der Waals surface area contributed by atoms with E-state index < -0.39 is 24.5 Å². The molecule has 0 aromatic heterocycles. The van der Waals surface area contributed by atoms with Gasteiger partial charge in [0.25, 0.3) is 5.91 Å². The lowest BCUT2D eigenvalue weighted by atomic mass is 10.2. The first-order valence-electron chi connectivity index (χ1n) is 7.38. The van der Waals surface area contributed by atoms with Crippen LogP contribution in [0, 0.1) is 0 Å². The fourth-order valence-corrected chi connectivity index (χ4v) is 2.12. The second-order valence-electron chi connectivity index (χ2n) is 5.14. The van der Waals surface area contributed by atoms with Crippen LogP contribution in [-0.4, -0.2) is 47.1 Å². The Balaban J connectivity index is 0.00000338. The highest BCUT2D eigenvalue weighted by atomic mass is 35.5. The van der Waals surface area contributed by atoms with Crippen molar-refractivity contribution in [3.05, 3.63) is 53.8 Å². The molecule has 8 nitrogen and oxygen atoms in total. The van der Waals surface area contributed by atoms with Gasteiger partial charge in [-0.3, -0.25) is 14.0 Å². The molecule has 0 saturated heterocycles. The summed E-state index contributed by atoms with van der Waals surface area (Å²) in [5.74, 6) is -1.67. The summed E-state index contributed by atoms with van der Waals surface area (Å²) in [5, 5.41) is 16.1. The number of amides is 3. The Kier molecular flexibility index (Phi) is 6.41. The number of halogens is 1. The largest absolute Gasteiger partial charge is 0.480 e. The Hall–Kier alpha value is -3.00. The number of carboxylic acids is 1. The van der Waals surface area contributed by atoms with Crippen molar-refractivity contribution in [1.82, 2.24) is 15.1 Å². The van der Waals surface area contributed by atoms with Gasteiger partial charge in [0.1, 0.15) is 6.54 Å². The van der Waals surface area contributed by atoms with Crippen LogP contribution in [0.4, 0.5) is 10.5 Å². The van der Waals surface area contributed by atoms with E-state index in [0.717, 1.165) is 5.57 Å². The lowest BCUT2D eigenvalue weighted by Gasteiger charge is -2.15. The zero-order valence-corrected chi connectivity index (χ0v) is 13.9. The van der Waals surface area contributed by atoms with Crippen molar-refractivity contribution < 1.29 is 20.9 Å². The van der Waals surface area contributed by atoms with Crippen molar-refractivity contribution in [3.8, 4) is 0 Å². The maximum absolute atomic E-state index is 11.9. The van der Waals surface area contributed by atoms with E-state index in [-0.39, 0.29) is 6.99 Å². The van der Waals surface area contributed by atoms with Crippen LogP contribution < -0.4 is 16.0 Å². The summed E-state index contributed by atoms with van der Waals surface area (Å²) < 4.78 is 1.49. The fourth-order valence-electron chi connectivity index (χ4n) is 1.99. The predicted molar refractivity (Wildman–Crippen MR) is 95.3 cm³/mol. The normalized spacial score (nSPS) is 13.0. The van der Waals surface area contributed by atoms with Crippen molar-refractivity contribution in [1.29, 1.82) is 0 Å². The maximum atomic E-state index is 11.9. The highest BCUT2D eigenvalue weighted by molar-refractivity contribution is 6.14. The number of nitrogens with zero attached hydrogens (tertiary/aromatic N) is 1. The Morgan fingerprint density at radius 2 is 2.08 bits per heavy atom. The zero-order chi connectivity index (χ0) is 18.2. The minimum absolute atomic E-state index is 0. The van der Waals surface area contributed by atoms with E-state index in [1.165, 1.54) is 16.6 Å². The average Bonchev–Trinajstić information content (AvgIpc) is 2.59. The Morgan fingerprint density at radius 3 is 2.76 bits per heavy atom. The van der Waals surface area contributed by atoms with E-state index in [1.807, 2.05) is 6.08 Å². The van der Waals surface area contributed by atoms with Gasteiger partial charge < -0.3 is 21.1 Å². The molecular weight excluding hydrogens is 348 g/mol. The summed E-state index contributed by atoms with van der Waals surface area (Å²) in [6, 6.07) is 5.77. The number of hydrogen-bond donors (Lipinski definition) is 4. The van der Waals surface area contributed by atoms with E-state index in [9.17, 15) is 14.4 Å². The van der Waals surface area contributed by atoms with Gasteiger partial charge in [0.15, 0.2) is 0 Å². The van der Waals surface area contributed by atoms with Crippen molar-refractivity contribution >= 4 is 35.4 Å². The first kappa shape index (κ1) is 18.3.